The van der Waals surface area contributed by atoms with Crippen LogP contribution in [0.4, 0.5) is 5.69 Å². The molecule has 1 N–H and O–H groups in total. The van der Waals surface area contributed by atoms with Crippen molar-refractivity contribution >= 4 is 21.6 Å². The number of rotatable bonds is 7. The van der Waals surface area contributed by atoms with Gasteiger partial charge in [0.1, 0.15) is 10.8 Å². The Labute approximate surface area is 131 Å². The molecule has 2 rings (SSSR count). The number of hydrogen-bond acceptors (Lipinski definition) is 5. The van der Waals surface area contributed by atoms with Crippen molar-refractivity contribution in [1.29, 1.82) is 0 Å². The lowest BCUT2D eigenvalue weighted by atomic mass is 10.3. The third-order valence-corrected chi connectivity index (χ3v) is 3.95. The van der Waals surface area contributed by atoms with Crippen LogP contribution in [0.25, 0.3) is 0 Å². The number of anilines is 1. The van der Waals surface area contributed by atoms with Crippen LogP contribution in [0.15, 0.2) is 21.8 Å². The summed E-state index contributed by atoms with van der Waals surface area (Å²) in [6.45, 7) is 6.05. The van der Waals surface area contributed by atoms with Gasteiger partial charge >= 0.3 is 0 Å². The molecule has 21 heavy (non-hydrogen) atoms. The SMILES string of the molecule is CCCCn1ncc(NCc2nncn2CC)c(Br)c1=O. The van der Waals surface area contributed by atoms with Crippen molar-refractivity contribution in [2.45, 2.75) is 46.3 Å². The summed E-state index contributed by atoms with van der Waals surface area (Å²) in [4.78, 5) is 12.2. The molecule has 0 fully saturated rings. The first-order valence-electron chi connectivity index (χ1n) is 7.03. The van der Waals surface area contributed by atoms with Gasteiger partial charge < -0.3 is 9.88 Å². The Bertz CT molecular complexity index is 650. The molecule has 114 valence electrons. The molecule has 0 saturated carbocycles. The van der Waals surface area contributed by atoms with Crippen LogP contribution in [0.1, 0.15) is 32.5 Å². The Kier molecular flexibility index (Phi) is 5.49. The second kappa shape index (κ2) is 7.35. The van der Waals surface area contributed by atoms with Crippen molar-refractivity contribution in [2.24, 2.45) is 0 Å². The second-order valence-electron chi connectivity index (χ2n) is 4.64. The van der Waals surface area contributed by atoms with Crippen LogP contribution in [-0.4, -0.2) is 24.5 Å². The topological polar surface area (TPSA) is 77.6 Å². The molecule has 2 aromatic rings. The van der Waals surface area contributed by atoms with Gasteiger partial charge in [0.15, 0.2) is 5.82 Å². The van der Waals surface area contributed by atoms with E-state index in [2.05, 4.69) is 43.5 Å². The lowest BCUT2D eigenvalue weighted by Crippen LogP contribution is -2.24. The van der Waals surface area contributed by atoms with E-state index in [0.717, 1.165) is 25.2 Å². The van der Waals surface area contributed by atoms with Gasteiger partial charge in [0.05, 0.1) is 18.4 Å². The van der Waals surface area contributed by atoms with Gasteiger partial charge in [-0.1, -0.05) is 13.3 Å². The first kappa shape index (κ1) is 15.7. The number of halogens is 1. The van der Waals surface area contributed by atoms with E-state index in [1.165, 1.54) is 4.68 Å². The standard InChI is InChI=1S/C13H19BrN6O/c1-3-5-6-20-13(21)12(14)10(7-17-20)15-8-11-18-16-9-19(11)4-2/h7,9,15H,3-6,8H2,1-2H3. The normalized spacial score (nSPS) is 10.8. The molecule has 8 heteroatoms. The summed E-state index contributed by atoms with van der Waals surface area (Å²) in [5.74, 6) is 0.819. The lowest BCUT2D eigenvalue weighted by Gasteiger charge is -2.10. The van der Waals surface area contributed by atoms with E-state index < -0.39 is 0 Å². The molecule has 0 amide bonds. The summed E-state index contributed by atoms with van der Waals surface area (Å²) in [5, 5.41) is 15.3. The molecule has 2 aromatic heterocycles. The number of aromatic nitrogens is 5. The molecule has 0 saturated heterocycles. The highest BCUT2D eigenvalue weighted by Crippen LogP contribution is 2.17. The quantitative estimate of drug-likeness (QED) is 0.822. The maximum absolute atomic E-state index is 12.2. The fourth-order valence-corrected chi connectivity index (χ4v) is 2.36. The van der Waals surface area contributed by atoms with Crippen molar-refractivity contribution < 1.29 is 0 Å². The predicted molar refractivity (Wildman–Crippen MR) is 84.1 cm³/mol. The molecule has 0 aliphatic rings. The molecule has 0 aliphatic heterocycles. The van der Waals surface area contributed by atoms with Crippen LogP contribution in [0, 0.1) is 0 Å². The van der Waals surface area contributed by atoms with Crippen LogP contribution in [-0.2, 0) is 19.6 Å². The number of unbranched alkanes of at least 4 members (excludes halogenated alkanes) is 1. The summed E-state index contributed by atoms with van der Waals surface area (Å²) in [6, 6.07) is 0. The van der Waals surface area contributed by atoms with Gasteiger partial charge in [-0.25, -0.2) is 4.68 Å². The van der Waals surface area contributed by atoms with E-state index in [1.807, 2.05) is 11.5 Å². The third kappa shape index (κ3) is 3.69. The van der Waals surface area contributed by atoms with E-state index in [0.29, 0.717) is 23.2 Å². The molecular weight excluding hydrogens is 336 g/mol. The highest BCUT2D eigenvalue weighted by Gasteiger charge is 2.10. The zero-order valence-corrected chi connectivity index (χ0v) is 13.8. The molecule has 0 atom stereocenters. The Morgan fingerprint density at radius 1 is 1.38 bits per heavy atom. The van der Waals surface area contributed by atoms with Gasteiger partial charge in [0, 0.05) is 13.1 Å². The summed E-state index contributed by atoms with van der Waals surface area (Å²) < 4.78 is 3.92. The minimum absolute atomic E-state index is 0.120. The van der Waals surface area contributed by atoms with Crippen molar-refractivity contribution in [1.82, 2.24) is 24.5 Å². The monoisotopic (exact) mass is 354 g/mol. The Morgan fingerprint density at radius 2 is 2.19 bits per heavy atom. The summed E-state index contributed by atoms with van der Waals surface area (Å²) in [5.41, 5.74) is 0.545. The highest BCUT2D eigenvalue weighted by molar-refractivity contribution is 9.10. The van der Waals surface area contributed by atoms with E-state index in [4.69, 9.17) is 0 Å². The molecule has 0 aliphatic carbocycles. The Hall–Kier alpha value is -1.70. The van der Waals surface area contributed by atoms with E-state index in [1.54, 1.807) is 12.5 Å². The molecular formula is C13H19BrN6O. The van der Waals surface area contributed by atoms with Crippen molar-refractivity contribution in [3.05, 3.63) is 33.2 Å². The van der Waals surface area contributed by atoms with E-state index in [9.17, 15) is 4.79 Å². The summed E-state index contributed by atoms with van der Waals surface area (Å²) in [6.07, 6.45) is 5.31. The molecule has 0 spiro atoms. The van der Waals surface area contributed by atoms with Crippen molar-refractivity contribution in [3.63, 3.8) is 0 Å². The second-order valence-corrected chi connectivity index (χ2v) is 5.43. The molecule has 2 heterocycles. The molecule has 0 aromatic carbocycles. The van der Waals surface area contributed by atoms with E-state index >= 15 is 0 Å². The van der Waals surface area contributed by atoms with Crippen molar-refractivity contribution in [2.75, 3.05) is 5.32 Å². The predicted octanol–water partition coefficient (Wildman–Crippen LogP) is 2.03. The Morgan fingerprint density at radius 3 is 2.90 bits per heavy atom. The fraction of sp³-hybridized carbons (Fsp3) is 0.538. The zero-order chi connectivity index (χ0) is 15.2. The number of nitrogens with one attached hydrogen (secondary N) is 1. The smallest absolute Gasteiger partial charge is 0.283 e. The first-order valence-corrected chi connectivity index (χ1v) is 7.82. The van der Waals surface area contributed by atoms with Gasteiger partial charge in [-0.15, -0.1) is 10.2 Å². The van der Waals surface area contributed by atoms with Gasteiger partial charge in [-0.2, -0.15) is 5.10 Å². The van der Waals surface area contributed by atoms with Crippen LogP contribution >= 0.6 is 15.9 Å². The third-order valence-electron chi connectivity index (χ3n) is 3.18. The van der Waals surface area contributed by atoms with Crippen LogP contribution in [0.3, 0.4) is 0 Å². The average Bonchev–Trinajstić information content (AvgIpc) is 2.95. The molecule has 0 bridgehead atoms. The van der Waals surface area contributed by atoms with Crippen LogP contribution in [0.2, 0.25) is 0 Å². The molecule has 0 unspecified atom stereocenters. The summed E-state index contributed by atoms with van der Waals surface area (Å²) >= 11 is 3.34. The lowest BCUT2D eigenvalue weighted by molar-refractivity contribution is 0.541. The largest absolute Gasteiger partial charge is 0.375 e. The zero-order valence-electron chi connectivity index (χ0n) is 12.2. The summed E-state index contributed by atoms with van der Waals surface area (Å²) in [7, 11) is 0. The minimum atomic E-state index is -0.120. The minimum Gasteiger partial charge on any atom is -0.375 e. The van der Waals surface area contributed by atoms with Crippen molar-refractivity contribution in [3.8, 4) is 0 Å². The first-order chi connectivity index (χ1) is 10.2. The molecule has 7 nitrogen and oxygen atoms in total. The number of aryl methyl sites for hydroxylation is 2. The van der Waals surface area contributed by atoms with E-state index in [-0.39, 0.29) is 5.56 Å². The fourth-order valence-electron chi connectivity index (χ4n) is 1.91. The number of nitrogens with zero attached hydrogens (tertiary/aromatic N) is 5. The average molecular weight is 355 g/mol. The molecule has 0 radical (unpaired) electrons. The van der Waals surface area contributed by atoms with Gasteiger partial charge in [0.2, 0.25) is 0 Å². The van der Waals surface area contributed by atoms with Gasteiger partial charge in [0.25, 0.3) is 5.56 Å². The van der Waals surface area contributed by atoms with Crippen LogP contribution in [0.5, 0.6) is 0 Å². The van der Waals surface area contributed by atoms with Gasteiger partial charge in [-0.3, -0.25) is 4.79 Å². The Balaban J connectivity index is 2.11. The van der Waals surface area contributed by atoms with Gasteiger partial charge in [-0.05, 0) is 29.3 Å². The maximum atomic E-state index is 12.2. The maximum Gasteiger partial charge on any atom is 0.283 e. The number of hydrogen-bond donors (Lipinski definition) is 1. The van der Waals surface area contributed by atoms with Crippen LogP contribution < -0.4 is 10.9 Å². The highest BCUT2D eigenvalue weighted by atomic mass is 79.9.